The molecule has 1 heterocycles. The summed E-state index contributed by atoms with van der Waals surface area (Å²) in [6, 6.07) is 13.7. The fraction of sp³-hybridized carbons (Fsp3) is 0.316. The summed E-state index contributed by atoms with van der Waals surface area (Å²) in [4.78, 5) is 4.64. The van der Waals surface area contributed by atoms with Crippen LogP contribution in [0.25, 0.3) is 11.0 Å². The number of rotatable bonds is 9. The lowest BCUT2D eigenvalue weighted by atomic mass is 10.3. The zero-order valence-corrected chi connectivity index (χ0v) is 15.3. The van der Waals surface area contributed by atoms with Crippen LogP contribution in [0, 0.1) is 5.82 Å². The number of para-hydroxylation sites is 2. The number of hydrogen-bond donors (Lipinski definition) is 1. The third kappa shape index (κ3) is 4.75. The number of ether oxygens (including phenoxy) is 2. The number of aliphatic hydroxyl groups excluding tert-OH is 1. The summed E-state index contributed by atoms with van der Waals surface area (Å²) in [6.45, 7) is 1.42. The molecule has 0 bridgehead atoms. The Morgan fingerprint density at radius 1 is 1.19 bits per heavy atom. The van der Waals surface area contributed by atoms with Gasteiger partial charge < -0.3 is 19.1 Å². The number of nitrogens with zero attached hydrogens (tertiary/aromatic N) is 2. The lowest BCUT2D eigenvalue weighted by Crippen LogP contribution is -2.20. The van der Waals surface area contributed by atoms with Crippen molar-refractivity contribution >= 4 is 22.8 Å². The van der Waals surface area contributed by atoms with E-state index in [1.54, 1.807) is 19.2 Å². The number of hydrogen-bond acceptors (Lipinski definition) is 5. The van der Waals surface area contributed by atoms with Crippen molar-refractivity contribution in [2.75, 3.05) is 26.1 Å². The Labute approximate surface area is 155 Å². The summed E-state index contributed by atoms with van der Waals surface area (Å²) in [7, 11) is 1.67. The summed E-state index contributed by atoms with van der Waals surface area (Å²) in [5.41, 5.74) is 1.97. The minimum atomic E-state index is -0.666. The van der Waals surface area contributed by atoms with Crippen LogP contribution in [-0.2, 0) is 11.3 Å². The molecule has 3 rings (SSSR count). The maximum absolute atomic E-state index is 12.9. The van der Waals surface area contributed by atoms with Gasteiger partial charge in [0.05, 0.1) is 23.7 Å². The van der Waals surface area contributed by atoms with Gasteiger partial charge in [-0.05, 0) is 36.4 Å². The monoisotopic (exact) mass is 376 g/mol. The first-order valence-corrected chi connectivity index (χ1v) is 9.29. The van der Waals surface area contributed by atoms with Gasteiger partial charge in [-0.1, -0.05) is 23.9 Å². The van der Waals surface area contributed by atoms with E-state index in [1.165, 1.54) is 23.9 Å². The smallest absolute Gasteiger partial charge is 0.169 e. The predicted molar refractivity (Wildman–Crippen MR) is 100 cm³/mol. The molecule has 3 aromatic rings. The van der Waals surface area contributed by atoms with Gasteiger partial charge in [-0.25, -0.2) is 9.37 Å². The molecule has 0 saturated carbocycles. The standard InChI is InChI=1S/C19H21FN2O3S/c1-24-11-10-22-18-5-3-2-4-17(18)21-19(22)26-13-15(23)12-25-16-8-6-14(20)7-9-16/h2-9,15,23H,10-13H2,1H3. The molecule has 0 aliphatic rings. The van der Waals surface area contributed by atoms with Crippen LogP contribution in [0.1, 0.15) is 0 Å². The van der Waals surface area contributed by atoms with Gasteiger partial charge in [-0.15, -0.1) is 0 Å². The number of imidazole rings is 1. The summed E-state index contributed by atoms with van der Waals surface area (Å²) < 4.78 is 25.7. The van der Waals surface area contributed by atoms with Gasteiger partial charge in [0.2, 0.25) is 0 Å². The molecule has 0 amide bonds. The second-order valence-electron chi connectivity index (χ2n) is 5.76. The first-order valence-electron chi connectivity index (χ1n) is 8.31. The number of thioether (sulfide) groups is 1. The molecule has 138 valence electrons. The van der Waals surface area contributed by atoms with Crippen molar-refractivity contribution < 1.29 is 19.0 Å². The molecule has 0 fully saturated rings. The second-order valence-corrected chi connectivity index (χ2v) is 6.74. The van der Waals surface area contributed by atoms with E-state index in [9.17, 15) is 9.50 Å². The molecule has 0 radical (unpaired) electrons. The fourth-order valence-electron chi connectivity index (χ4n) is 2.50. The minimum Gasteiger partial charge on any atom is -0.491 e. The Morgan fingerprint density at radius 2 is 1.96 bits per heavy atom. The van der Waals surface area contributed by atoms with Gasteiger partial charge in [0.15, 0.2) is 5.16 Å². The van der Waals surface area contributed by atoms with Crippen molar-refractivity contribution in [3.63, 3.8) is 0 Å². The fourth-order valence-corrected chi connectivity index (χ4v) is 3.45. The second kappa shape index (κ2) is 9.02. The summed E-state index contributed by atoms with van der Waals surface area (Å²) in [5, 5.41) is 11.0. The number of aromatic nitrogens is 2. The lowest BCUT2D eigenvalue weighted by molar-refractivity contribution is 0.126. The van der Waals surface area contributed by atoms with Crippen LogP contribution >= 0.6 is 11.8 Å². The predicted octanol–water partition coefficient (Wildman–Crippen LogP) is 3.35. The average Bonchev–Trinajstić information content (AvgIpc) is 3.01. The SMILES string of the molecule is COCCn1c(SCC(O)COc2ccc(F)cc2)nc2ccccc21. The van der Waals surface area contributed by atoms with Crippen molar-refractivity contribution in [2.45, 2.75) is 17.8 Å². The molecule has 0 spiro atoms. The molecule has 1 aromatic heterocycles. The van der Waals surface area contributed by atoms with Gasteiger partial charge in [0.1, 0.15) is 18.2 Å². The number of methoxy groups -OCH3 is 1. The molecule has 5 nitrogen and oxygen atoms in total. The molecule has 2 aromatic carbocycles. The molecule has 0 aliphatic heterocycles. The first-order chi connectivity index (χ1) is 12.7. The van der Waals surface area contributed by atoms with Crippen LogP contribution in [0.2, 0.25) is 0 Å². The highest BCUT2D eigenvalue weighted by Crippen LogP contribution is 2.24. The summed E-state index contributed by atoms with van der Waals surface area (Å²) >= 11 is 1.48. The third-order valence-electron chi connectivity index (χ3n) is 3.80. The number of fused-ring (bicyclic) bond motifs is 1. The molecular formula is C19H21FN2O3S. The van der Waals surface area contributed by atoms with Gasteiger partial charge in [-0.2, -0.15) is 0 Å². The Bertz CT molecular complexity index is 838. The lowest BCUT2D eigenvalue weighted by Gasteiger charge is -2.13. The number of benzene rings is 2. The average molecular weight is 376 g/mol. The molecule has 0 aliphatic carbocycles. The van der Waals surface area contributed by atoms with Crippen LogP contribution in [0.15, 0.2) is 53.7 Å². The van der Waals surface area contributed by atoms with Crippen molar-refractivity contribution in [2.24, 2.45) is 0 Å². The summed E-state index contributed by atoms with van der Waals surface area (Å²) in [5.74, 6) is 0.656. The normalized spacial score (nSPS) is 12.4. The molecule has 1 unspecified atom stereocenters. The van der Waals surface area contributed by atoms with Crippen LogP contribution in [-0.4, -0.2) is 46.8 Å². The van der Waals surface area contributed by atoms with E-state index in [4.69, 9.17) is 9.47 Å². The van der Waals surface area contributed by atoms with Crippen LogP contribution in [0.3, 0.4) is 0 Å². The van der Waals surface area contributed by atoms with Crippen molar-refractivity contribution in [1.82, 2.24) is 9.55 Å². The maximum atomic E-state index is 12.9. The van der Waals surface area contributed by atoms with E-state index in [0.717, 1.165) is 16.2 Å². The zero-order valence-electron chi connectivity index (χ0n) is 14.5. The van der Waals surface area contributed by atoms with Gasteiger partial charge >= 0.3 is 0 Å². The van der Waals surface area contributed by atoms with E-state index in [0.29, 0.717) is 24.7 Å². The zero-order chi connectivity index (χ0) is 18.4. The number of aliphatic hydroxyl groups is 1. The Morgan fingerprint density at radius 3 is 2.73 bits per heavy atom. The van der Waals surface area contributed by atoms with E-state index in [2.05, 4.69) is 9.55 Å². The van der Waals surface area contributed by atoms with Gasteiger partial charge in [0, 0.05) is 19.4 Å². The van der Waals surface area contributed by atoms with E-state index in [1.807, 2.05) is 24.3 Å². The van der Waals surface area contributed by atoms with E-state index in [-0.39, 0.29) is 12.4 Å². The Kier molecular flexibility index (Phi) is 6.49. The van der Waals surface area contributed by atoms with Crippen LogP contribution in [0.4, 0.5) is 4.39 Å². The van der Waals surface area contributed by atoms with Gasteiger partial charge in [0.25, 0.3) is 0 Å². The molecule has 7 heteroatoms. The maximum Gasteiger partial charge on any atom is 0.169 e. The highest BCUT2D eigenvalue weighted by atomic mass is 32.2. The van der Waals surface area contributed by atoms with Crippen LogP contribution < -0.4 is 4.74 Å². The van der Waals surface area contributed by atoms with Crippen molar-refractivity contribution in [3.05, 3.63) is 54.3 Å². The van der Waals surface area contributed by atoms with E-state index >= 15 is 0 Å². The van der Waals surface area contributed by atoms with Crippen LogP contribution in [0.5, 0.6) is 5.75 Å². The highest BCUT2D eigenvalue weighted by molar-refractivity contribution is 7.99. The van der Waals surface area contributed by atoms with Gasteiger partial charge in [-0.3, -0.25) is 0 Å². The van der Waals surface area contributed by atoms with Crippen molar-refractivity contribution in [3.8, 4) is 5.75 Å². The Hall–Kier alpha value is -2.09. The molecule has 1 N–H and O–H groups in total. The molecule has 26 heavy (non-hydrogen) atoms. The highest BCUT2D eigenvalue weighted by Gasteiger charge is 2.13. The molecular weight excluding hydrogens is 355 g/mol. The molecule has 1 atom stereocenters. The topological polar surface area (TPSA) is 56.5 Å². The minimum absolute atomic E-state index is 0.136. The number of halogens is 1. The summed E-state index contributed by atoms with van der Waals surface area (Å²) in [6.07, 6.45) is -0.666. The Balaban J connectivity index is 1.60. The molecule has 0 saturated heterocycles. The van der Waals surface area contributed by atoms with E-state index < -0.39 is 6.10 Å². The quantitative estimate of drug-likeness (QED) is 0.581. The van der Waals surface area contributed by atoms with Crippen molar-refractivity contribution in [1.29, 1.82) is 0 Å². The first kappa shape index (κ1) is 18.7. The third-order valence-corrected chi connectivity index (χ3v) is 4.92. The largest absolute Gasteiger partial charge is 0.491 e.